The average molecular weight is 276 g/mol. The lowest BCUT2D eigenvalue weighted by Gasteiger charge is -2.26. The third kappa shape index (κ3) is 4.30. The van der Waals surface area contributed by atoms with Crippen LogP contribution >= 0.6 is 0 Å². The summed E-state index contributed by atoms with van der Waals surface area (Å²) in [6, 6.07) is 7.02. The molecule has 20 heavy (non-hydrogen) atoms. The lowest BCUT2D eigenvalue weighted by atomic mass is 9.82. The number of nitro benzene ring substituents is 1. The molecule has 0 bridgehead atoms. The molecule has 0 saturated heterocycles. The summed E-state index contributed by atoms with van der Waals surface area (Å²) >= 11 is 0. The Morgan fingerprint density at radius 1 is 1.35 bits per heavy atom. The first kappa shape index (κ1) is 15.0. The van der Waals surface area contributed by atoms with Crippen molar-refractivity contribution < 1.29 is 4.92 Å². The minimum atomic E-state index is -0.294. The lowest BCUT2D eigenvalue weighted by molar-refractivity contribution is -0.385. The monoisotopic (exact) mass is 276 g/mol. The van der Waals surface area contributed by atoms with Gasteiger partial charge < -0.3 is 5.32 Å². The molecule has 2 atom stereocenters. The summed E-state index contributed by atoms with van der Waals surface area (Å²) in [6.07, 6.45) is 6.07. The maximum absolute atomic E-state index is 10.9. The van der Waals surface area contributed by atoms with Crippen LogP contribution in [0.3, 0.4) is 0 Å². The number of para-hydroxylation sites is 1. The van der Waals surface area contributed by atoms with Gasteiger partial charge in [0.15, 0.2) is 0 Å². The molecule has 0 amide bonds. The predicted octanol–water partition coefficient (Wildman–Crippen LogP) is 3.55. The number of rotatable bonds is 6. The minimum Gasteiger partial charge on any atom is -0.316 e. The maximum Gasteiger partial charge on any atom is 0.272 e. The molecule has 4 nitrogen and oxygen atoms in total. The normalized spacial score (nSPS) is 22.6. The molecule has 110 valence electrons. The minimum absolute atomic E-state index is 0.237. The Bertz CT molecular complexity index is 448. The second kappa shape index (κ2) is 7.39. The van der Waals surface area contributed by atoms with E-state index in [1.54, 1.807) is 12.1 Å². The van der Waals surface area contributed by atoms with E-state index in [0.29, 0.717) is 0 Å². The first-order valence-corrected chi connectivity index (χ1v) is 7.60. The van der Waals surface area contributed by atoms with E-state index in [0.717, 1.165) is 36.9 Å². The van der Waals surface area contributed by atoms with Gasteiger partial charge in [-0.3, -0.25) is 10.1 Å². The van der Waals surface area contributed by atoms with Crippen LogP contribution in [0.15, 0.2) is 24.3 Å². The molecule has 1 aliphatic rings. The molecule has 1 fully saturated rings. The molecule has 1 aliphatic carbocycles. The van der Waals surface area contributed by atoms with Crippen LogP contribution in [-0.4, -0.2) is 18.0 Å². The fourth-order valence-electron chi connectivity index (χ4n) is 3.17. The fourth-order valence-corrected chi connectivity index (χ4v) is 3.17. The average Bonchev–Trinajstić information content (AvgIpc) is 2.44. The van der Waals surface area contributed by atoms with Crippen LogP contribution in [0.5, 0.6) is 0 Å². The van der Waals surface area contributed by atoms with Gasteiger partial charge in [-0.15, -0.1) is 0 Å². The summed E-state index contributed by atoms with van der Waals surface area (Å²) in [5.74, 6) is 1.63. The summed E-state index contributed by atoms with van der Waals surface area (Å²) < 4.78 is 0. The van der Waals surface area contributed by atoms with Crippen molar-refractivity contribution in [2.24, 2.45) is 11.8 Å². The van der Waals surface area contributed by atoms with Crippen molar-refractivity contribution in [2.75, 3.05) is 13.1 Å². The van der Waals surface area contributed by atoms with Gasteiger partial charge in [-0.1, -0.05) is 38.0 Å². The highest BCUT2D eigenvalue weighted by molar-refractivity contribution is 5.39. The fraction of sp³-hybridized carbons (Fsp3) is 0.625. The van der Waals surface area contributed by atoms with Crippen LogP contribution in [0.1, 0.15) is 38.2 Å². The summed E-state index contributed by atoms with van der Waals surface area (Å²) in [5, 5.41) is 14.4. The quantitative estimate of drug-likeness (QED) is 0.491. The predicted molar refractivity (Wildman–Crippen MR) is 80.8 cm³/mol. The Labute approximate surface area is 120 Å². The highest BCUT2D eigenvalue weighted by Crippen LogP contribution is 2.27. The van der Waals surface area contributed by atoms with Crippen LogP contribution in [0, 0.1) is 22.0 Å². The van der Waals surface area contributed by atoms with E-state index in [1.807, 2.05) is 12.1 Å². The molecule has 1 saturated carbocycles. The molecule has 2 unspecified atom stereocenters. The van der Waals surface area contributed by atoms with E-state index < -0.39 is 0 Å². The molecule has 0 aromatic heterocycles. The van der Waals surface area contributed by atoms with E-state index in [9.17, 15) is 10.1 Å². The zero-order valence-electron chi connectivity index (χ0n) is 12.2. The smallest absolute Gasteiger partial charge is 0.272 e. The van der Waals surface area contributed by atoms with Crippen molar-refractivity contribution in [3.63, 3.8) is 0 Å². The van der Waals surface area contributed by atoms with Gasteiger partial charge in [-0.25, -0.2) is 0 Å². The van der Waals surface area contributed by atoms with E-state index in [4.69, 9.17) is 0 Å². The zero-order chi connectivity index (χ0) is 14.4. The van der Waals surface area contributed by atoms with Gasteiger partial charge in [-0.2, -0.15) is 0 Å². The Balaban J connectivity index is 1.74. The van der Waals surface area contributed by atoms with Crippen LogP contribution < -0.4 is 5.32 Å². The second-order valence-electron chi connectivity index (χ2n) is 5.98. The summed E-state index contributed by atoms with van der Waals surface area (Å²) in [5.41, 5.74) is 1.06. The van der Waals surface area contributed by atoms with Crippen LogP contribution in [-0.2, 0) is 6.42 Å². The largest absolute Gasteiger partial charge is 0.316 e. The summed E-state index contributed by atoms with van der Waals surface area (Å²) in [4.78, 5) is 10.6. The topological polar surface area (TPSA) is 55.2 Å². The molecule has 4 heteroatoms. The zero-order valence-corrected chi connectivity index (χ0v) is 12.2. The Hall–Kier alpha value is -1.42. The first-order chi connectivity index (χ1) is 9.66. The van der Waals surface area contributed by atoms with Crippen LogP contribution in [0.4, 0.5) is 5.69 Å². The van der Waals surface area contributed by atoms with Gasteiger partial charge in [0.25, 0.3) is 5.69 Å². The molecule has 1 aromatic carbocycles. The maximum atomic E-state index is 10.9. The first-order valence-electron chi connectivity index (χ1n) is 7.60. The third-order valence-electron chi connectivity index (χ3n) is 4.24. The van der Waals surface area contributed by atoms with Crippen LogP contribution in [0.2, 0.25) is 0 Å². The number of nitrogens with one attached hydrogen (secondary N) is 1. The second-order valence-corrected chi connectivity index (χ2v) is 5.98. The number of nitro groups is 1. The van der Waals surface area contributed by atoms with E-state index in [-0.39, 0.29) is 10.6 Å². The third-order valence-corrected chi connectivity index (χ3v) is 4.24. The molecule has 1 aromatic rings. The van der Waals surface area contributed by atoms with Crippen molar-refractivity contribution in [3.05, 3.63) is 39.9 Å². The molecular weight excluding hydrogens is 252 g/mol. The Morgan fingerprint density at radius 3 is 2.90 bits per heavy atom. The van der Waals surface area contributed by atoms with Gasteiger partial charge in [0, 0.05) is 11.6 Å². The number of hydrogen-bond acceptors (Lipinski definition) is 3. The standard InChI is InChI=1S/C16H24N2O2/c1-13-5-4-6-14(11-13)12-17-10-9-15-7-2-3-8-16(15)18(19)20/h2-3,7-8,13-14,17H,4-6,9-12H2,1H3. The number of benzene rings is 1. The lowest BCUT2D eigenvalue weighted by Crippen LogP contribution is -2.28. The van der Waals surface area contributed by atoms with Crippen molar-refractivity contribution >= 4 is 5.69 Å². The number of nitrogens with zero attached hydrogens (tertiary/aromatic N) is 1. The summed E-state index contributed by atoms with van der Waals surface area (Å²) in [7, 11) is 0. The van der Waals surface area contributed by atoms with Crippen LogP contribution in [0.25, 0.3) is 0 Å². The Kier molecular flexibility index (Phi) is 5.53. The highest BCUT2D eigenvalue weighted by Gasteiger charge is 2.18. The number of hydrogen-bond donors (Lipinski definition) is 1. The van der Waals surface area contributed by atoms with Crippen molar-refractivity contribution in [1.29, 1.82) is 0 Å². The highest BCUT2D eigenvalue weighted by atomic mass is 16.6. The molecule has 0 spiro atoms. The van der Waals surface area contributed by atoms with E-state index in [2.05, 4.69) is 12.2 Å². The Morgan fingerprint density at radius 2 is 2.15 bits per heavy atom. The molecular formula is C16H24N2O2. The van der Waals surface area contributed by atoms with Crippen molar-refractivity contribution in [3.8, 4) is 0 Å². The van der Waals surface area contributed by atoms with E-state index in [1.165, 1.54) is 25.7 Å². The molecule has 0 radical (unpaired) electrons. The van der Waals surface area contributed by atoms with Gasteiger partial charge in [0.1, 0.15) is 0 Å². The van der Waals surface area contributed by atoms with E-state index >= 15 is 0 Å². The van der Waals surface area contributed by atoms with Crippen molar-refractivity contribution in [1.82, 2.24) is 5.32 Å². The molecule has 0 heterocycles. The molecule has 0 aliphatic heterocycles. The van der Waals surface area contributed by atoms with Gasteiger partial charge >= 0.3 is 0 Å². The molecule has 1 N–H and O–H groups in total. The van der Waals surface area contributed by atoms with Gasteiger partial charge in [-0.05, 0) is 44.2 Å². The SMILES string of the molecule is CC1CCCC(CNCCc2ccccc2[N+](=O)[O-])C1. The van der Waals surface area contributed by atoms with Gasteiger partial charge in [0.05, 0.1) is 4.92 Å². The molecule has 2 rings (SSSR count). The van der Waals surface area contributed by atoms with Crippen molar-refractivity contribution in [2.45, 2.75) is 39.0 Å². The van der Waals surface area contributed by atoms with Gasteiger partial charge in [0.2, 0.25) is 0 Å². The summed E-state index contributed by atoms with van der Waals surface area (Å²) in [6.45, 7) is 4.19.